The topological polar surface area (TPSA) is 76.4 Å². The van der Waals surface area contributed by atoms with Crippen molar-refractivity contribution in [1.82, 2.24) is 0 Å². The lowest BCUT2D eigenvalue weighted by molar-refractivity contribution is -0.151. The Balaban J connectivity index is 2.01. The predicted octanol–water partition coefficient (Wildman–Crippen LogP) is 3.12. The zero-order chi connectivity index (χ0) is 17.5. The number of carbonyl (C=O) groups is 2. The van der Waals surface area contributed by atoms with E-state index in [0.29, 0.717) is 18.6 Å². The molecule has 1 aromatic carbocycles. The lowest BCUT2D eigenvalue weighted by atomic mass is 9.85. The van der Waals surface area contributed by atoms with Crippen LogP contribution in [0.2, 0.25) is 0 Å². The zero-order valence-corrected chi connectivity index (χ0v) is 13.7. The van der Waals surface area contributed by atoms with Gasteiger partial charge in [0.15, 0.2) is 6.10 Å². The first-order valence-corrected chi connectivity index (χ1v) is 8.03. The van der Waals surface area contributed by atoms with Gasteiger partial charge in [0, 0.05) is 6.42 Å². The Hall–Kier alpha value is -2.35. The fourth-order valence-electron chi connectivity index (χ4n) is 2.99. The highest BCUT2D eigenvalue weighted by atomic mass is 16.5. The van der Waals surface area contributed by atoms with Crippen molar-refractivity contribution in [3.8, 4) is 11.8 Å². The molecule has 0 heterocycles. The van der Waals surface area contributed by atoms with Gasteiger partial charge < -0.3 is 9.47 Å². The van der Waals surface area contributed by atoms with Crippen LogP contribution in [-0.2, 0) is 14.3 Å². The van der Waals surface area contributed by atoms with Crippen molar-refractivity contribution in [3.63, 3.8) is 0 Å². The van der Waals surface area contributed by atoms with Gasteiger partial charge in [-0.1, -0.05) is 31.5 Å². The summed E-state index contributed by atoms with van der Waals surface area (Å²) < 4.78 is 10.4. The summed E-state index contributed by atoms with van der Waals surface area (Å²) in [5.74, 6) is -0.951. The standard InChI is InChI=1S/C19H21NO4/c1-3-14-9-10-16(19(22)23-13(2)12-20)17(14)11-18(21)24-15-7-5-4-6-8-15/h4-8,10,13-14,16-17H,1,3,9,11H2,2H3. The highest BCUT2D eigenvalue weighted by Crippen LogP contribution is 2.41. The van der Waals surface area contributed by atoms with Crippen LogP contribution in [0, 0.1) is 42.4 Å². The first kappa shape index (κ1) is 18.0. The van der Waals surface area contributed by atoms with E-state index in [1.54, 1.807) is 24.3 Å². The molecule has 1 aliphatic carbocycles. The fraction of sp³-hybridized carbons (Fsp3) is 0.421. The van der Waals surface area contributed by atoms with Gasteiger partial charge in [0.2, 0.25) is 0 Å². The van der Waals surface area contributed by atoms with E-state index >= 15 is 0 Å². The predicted molar refractivity (Wildman–Crippen MR) is 87.2 cm³/mol. The smallest absolute Gasteiger partial charge is 0.311 e. The van der Waals surface area contributed by atoms with Gasteiger partial charge in [-0.25, -0.2) is 0 Å². The maximum absolute atomic E-state index is 12.2. The zero-order valence-electron chi connectivity index (χ0n) is 13.7. The fourth-order valence-corrected chi connectivity index (χ4v) is 2.99. The number of hydrogen-bond donors (Lipinski definition) is 0. The molecule has 5 nitrogen and oxygen atoms in total. The third kappa shape index (κ3) is 4.58. The van der Waals surface area contributed by atoms with E-state index in [1.807, 2.05) is 18.6 Å². The molecule has 1 aromatic rings. The molecule has 2 radical (unpaired) electrons. The maximum Gasteiger partial charge on any atom is 0.311 e. The third-order valence-electron chi connectivity index (χ3n) is 4.25. The molecule has 0 N–H and O–H groups in total. The van der Waals surface area contributed by atoms with Crippen LogP contribution in [0.4, 0.5) is 0 Å². The summed E-state index contributed by atoms with van der Waals surface area (Å²) in [5.41, 5.74) is 0. The van der Waals surface area contributed by atoms with Crippen molar-refractivity contribution in [2.24, 2.45) is 17.8 Å². The number of ether oxygens (including phenoxy) is 2. The number of para-hydroxylation sites is 1. The molecule has 0 saturated heterocycles. The van der Waals surface area contributed by atoms with Gasteiger partial charge in [0.25, 0.3) is 0 Å². The molecule has 1 fully saturated rings. The van der Waals surface area contributed by atoms with E-state index in [9.17, 15) is 9.59 Å². The summed E-state index contributed by atoms with van der Waals surface area (Å²) in [4.78, 5) is 24.5. The molecule has 126 valence electrons. The monoisotopic (exact) mass is 327 g/mol. The van der Waals surface area contributed by atoms with Gasteiger partial charge in [-0.3, -0.25) is 9.59 Å². The molecule has 24 heavy (non-hydrogen) atoms. The summed E-state index contributed by atoms with van der Waals surface area (Å²) in [6.07, 6.45) is 2.50. The molecular weight excluding hydrogens is 306 g/mol. The van der Waals surface area contributed by atoms with Crippen molar-refractivity contribution in [2.45, 2.75) is 32.3 Å². The molecular formula is C19H21NO4. The normalized spacial score (nSPS) is 24.0. The molecule has 0 aliphatic heterocycles. The summed E-state index contributed by atoms with van der Waals surface area (Å²) in [5, 5.41) is 8.78. The lowest BCUT2D eigenvalue weighted by Crippen LogP contribution is -2.29. The summed E-state index contributed by atoms with van der Waals surface area (Å²) in [6, 6.07) is 10.7. The Morgan fingerprint density at radius 2 is 2.08 bits per heavy atom. The Kier molecular flexibility index (Phi) is 6.36. The molecule has 4 atom stereocenters. The number of nitriles is 1. The summed E-state index contributed by atoms with van der Waals surface area (Å²) in [7, 11) is 0. The van der Waals surface area contributed by atoms with E-state index in [4.69, 9.17) is 14.7 Å². The second-order valence-electron chi connectivity index (χ2n) is 5.91. The molecule has 0 bridgehead atoms. The van der Waals surface area contributed by atoms with Gasteiger partial charge in [-0.05, 0) is 43.7 Å². The molecule has 4 unspecified atom stereocenters. The number of nitrogens with zero attached hydrogens (tertiary/aromatic N) is 1. The lowest BCUT2D eigenvalue weighted by Gasteiger charge is -2.22. The second kappa shape index (κ2) is 8.49. The average Bonchev–Trinajstić information content (AvgIpc) is 2.98. The summed E-state index contributed by atoms with van der Waals surface area (Å²) in [6.45, 7) is 5.42. The van der Waals surface area contributed by atoms with E-state index in [-0.39, 0.29) is 24.2 Å². The van der Waals surface area contributed by atoms with Crippen LogP contribution in [0.1, 0.15) is 26.2 Å². The average molecular weight is 327 g/mol. The molecule has 0 spiro atoms. The quantitative estimate of drug-likeness (QED) is 0.592. The summed E-state index contributed by atoms with van der Waals surface area (Å²) >= 11 is 0. The number of esters is 2. The van der Waals surface area contributed by atoms with Crippen molar-refractivity contribution in [2.75, 3.05) is 0 Å². The Morgan fingerprint density at radius 1 is 1.38 bits per heavy atom. The van der Waals surface area contributed by atoms with Gasteiger partial charge in [-0.2, -0.15) is 5.26 Å². The van der Waals surface area contributed by atoms with Crippen LogP contribution in [-0.4, -0.2) is 18.0 Å². The molecule has 0 aromatic heterocycles. The van der Waals surface area contributed by atoms with Crippen molar-refractivity contribution in [1.29, 1.82) is 5.26 Å². The van der Waals surface area contributed by atoms with Crippen LogP contribution >= 0.6 is 0 Å². The van der Waals surface area contributed by atoms with Crippen LogP contribution in [0.15, 0.2) is 30.3 Å². The van der Waals surface area contributed by atoms with Crippen LogP contribution < -0.4 is 4.74 Å². The molecule has 1 aliphatic rings. The number of benzene rings is 1. The highest BCUT2D eigenvalue weighted by Gasteiger charge is 2.42. The van der Waals surface area contributed by atoms with Crippen LogP contribution in [0.5, 0.6) is 5.75 Å². The number of rotatable bonds is 6. The largest absolute Gasteiger partial charge is 0.447 e. The van der Waals surface area contributed by atoms with E-state index in [2.05, 4.69) is 6.92 Å². The Morgan fingerprint density at radius 3 is 2.71 bits per heavy atom. The van der Waals surface area contributed by atoms with E-state index in [1.165, 1.54) is 6.92 Å². The van der Waals surface area contributed by atoms with E-state index in [0.717, 1.165) is 0 Å². The Bertz CT molecular complexity index is 608. The maximum atomic E-state index is 12.2. The van der Waals surface area contributed by atoms with Crippen molar-refractivity contribution in [3.05, 3.63) is 43.7 Å². The SMILES string of the molecule is [CH2]CC1C[CH]C(C(=O)OC(C)C#N)C1CC(=O)Oc1ccccc1. The van der Waals surface area contributed by atoms with Gasteiger partial charge in [0.05, 0.1) is 5.92 Å². The Labute approximate surface area is 142 Å². The van der Waals surface area contributed by atoms with Crippen molar-refractivity contribution < 1.29 is 19.1 Å². The highest BCUT2D eigenvalue weighted by molar-refractivity contribution is 5.78. The third-order valence-corrected chi connectivity index (χ3v) is 4.25. The van der Waals surface area contributed by atoms with Crippen molar-refractivity contribution >= 4 is 11.9 Å². The minimum absolute atomic E-state index is 0.117. The van der Waals surface area contributed by atoms with Gasteiger partial charge in [-0.15, -0.1) is 0 Å². The first-order valence-electron chi connectivity index (χ1n) is 8.03. The molecule has 0 amide bonds. The van der Waals surface area contributed by atoms with Gasteiger partial charge >= 0.3 is 11.9 Å². The van der Waals surface area contributed by atoms with Crippen LogP contribution in [0.3, 0.4) is 0 Å². The molecule has 5 heteroatoms. The number of carbonyl (C=O) groups excluding carboxylic acids is 2. The van der Waals surface area contributed by atoms with Crippen LogP contribution in [0.25, 0.3) is 0 Å². The second-order valence-corrected chi connectivity index (χ2v) is 5.91. The minimum Gasteiger partial charge on any atom is -0.447 e. The van der Waals surface area contributed by atoms with Gasteiger partial charge in [0.1, 0.15) is 11.8 Å². The minimum atomic E-state index is -0.804. The van der Waals surface area contributed by atoms with E-state index < -0.39 is 18.0 Å². The number of hydrogen-bond acceptors (Lipinski definition) is 5. The molecule has 1 saturated carbocycles. The molecule has 2 rings (SSSR count). The first-order chi connectivity index (χ1) is 11.5.